The summed E-state index contributed by atoms with van der Waals surface area (Å²) in [4.78, 5) is 10.7. The minimum atomic E-state index is -0.944. The van der Waals surface area contributed by atoms with Gasteiger partial charge in [-0.25, -0.2) is 4.79 Å². The first-order valence-corrected chi connectivity index (χ1v) is 4.13. The van der Waals surface area contributed by atoms with Crippen LogP contribution in [0.15, 0.2) is 36.4 Å². The molecule has 4 heteroatoms. The third kappa shape index (κ3) is 2.50. The van der Waals surface area contributed by atoms with E-state index in [1.807, 2.05) is 0 Å². The summed E-state index contributed by atoms with van der Waals surface area (Å²) in [6.45, 7) is 0. The molecular formula is C11H9NaO3. The number of carbonyl (C=O) groups is 1. The van der Waals surface area contributed by atoms with Crippen LogP contribution in [-0.2, 0) is 0 Å². The third-order valence-electron chi connectivity index (χ3n) is 2.07. The molecule has 0 heterocycles. The van der Waals surface area contributed by atoms with Crippen molar-refractivity contribution in [1.29, 1.82) is 0 Å². The number of carboxylic acids is 1. The summed E-state index contributed by atoms with van der Waals surface area (Å²) in [5.74, 6) is -0.763. The fraction of sp³-hybridized carbons (Fsp3) is 0. The number of phenolic OH excluding ortho intramolecular Hbond substituents is 1. The zero-order chi connectivity index (χ0) is 10.1. The van der Waals surface area contributed by atoms with Gasteiger partial charge in [0.2, 0.25) is 0 Å². The Morgan fingerprint density at radius 1 is 1.00 bits per heavy atom. The topological polar surface area (TPSA) is 57.5 Å². The SMILES string of the molecule is O=C(O)c1ccc2cc(O)ccc2c1.[NaH]. The number of hydrogen-bond acceptors (Lipinski definition) is 2. The predicted octanol–water partition coefficient (Wildman–Crippen LogP) is 1.60. The van der Waals surface area contributed by atoms with Gasteiger partial charge in [0.15, 0.2) is 0 Å². The molecular weight excluding hydrogens is 203 g/mol. The van der Waals surface area contributed by atoms with Crippen molar-refractivity contribution in [1.82, 2.24) is 0 Å². The van der Waals surface area contributed by atoms with Gasteiger partial charge in [0, 0.05) is 0 Å². The Morgan fingerprint density at radius 3 is 2.27 bits per heavy atom. The van der Waals surface area contributed by atoms with E-state index < -0.39 is 5.97 Å². The Kier molecular flexibility index (Phi) is 3.74. The molecule has 0 unspecified atom stereocenters. The summed E-state index contributed by atoms with van der Waals surface area (Å²) in [5.41, 5.74) is 0.253. The van der Waals surface area contributed by atoms with E-state index in [4.69, 9.17) is 5.11 Å². The molecule has 0 spiro atoms. The van der Waals surface area contributed by atoms with Gasteiger partial charge < -0.3 is 10.2 Å². The number of benzene rings is 2. The van der Waals surface area contributed by atoms with E-state index in [0.29, 0.717) is 0 Å². The average molecular weight is 212 g/mol. The van der Waals surface area contributed by atoms with Crippen LogP contribution in [-0.4, -0.2) is 45.7 Å². The molecule has 0 aliphatic carbocycles. The zero-order valence-corrected chi connectivity index (χ0v) is 7.27. The molecule has 0 fully saturated rings. The second-order valence-corrected chi connectivity index (χ2v) is 3.05. The summed E-state index contributed by atoms with van der Waals surface area (Å²) < 4.78 is 0. The first kappa shape index (κ1) is 12.0. The molecule has 0 saturated carbocycles. The van der Waals surface area contributed by atoms with E-state index in [0.717, 1.165) is 10.8 Å². The summed E-state index contributed by atoms with van der Waals surface area (Å²) in [5, 5.41) is 19.6. The van der Waals surface area contributed by atoms with Crippen LogP contribution in [0.3, 0.4) is 0 Å². The predicted molar refractivity (Wildman–Crippen MR) is 59.7 cm³/mol. The molecule has 0 aliphatic rings. The second-order valence-electron chi connectivity index (χ2n) is 3.05. The summed E-state index contributed by atoms with van der Waals surface area (Å²) in [6.07, 6.45) is 0. The molecule has 15 heavy (non-hydrogen) atoms. The second kappa shape index (κ2) is 4.66. The molecule has 2 aromatic rings. The standard InChI is InChI=1S/C11H8O3.Na.H/c12-10-4-3-7-5-9(11(13)14)2-1-8(7)6-10;;/h1-6,12H,(H,13,14);;. The quantitative estimate of drug-likeness (QED) is 0.706. The number of hydrogen-bond donors (Lipinski definition) is 2. The molecule has 0 aliphatic heterocycles. The van der Waals surface area contributed by atoms with Gasteiger partial charge in [-0.3, -0.25) is 0 Å². The Labute approximate surface area is 109 Å². The van der Waals surface area contributed by atoms with Crippen LogP contribution < -0.4 is 0 Å². The van der Waals surface area contributed by atoms with E-state index in [1.54, 1.807) is 24.3 Å². The number of aromatic hydroxyl groups is 1. The molecule has 0 atom stereocenters. The molecule has 0 radical (unpaired) electrons. The van der Waals surface area contributed by atoms with Gasteiger partial charge in [0.05, 0.1) is 5.56 Å². The van der Waals surface area contributed by atoms with E-state index in [2.05, 4.69) is 0 Å². The maximum atomic E-state index is 10.7. The average Bonchev–Trinajstić information content (AvgIpc) is 2.16. The van der Waals surface area contributed by atoms with Crippen LogP contribution in [0.25, 0.3) is 10.8 Å². The Morgan fingerprint density at radius 2 is 1.60 bits per heavy atom. The first-order chi connectivity index (χ1) is 6.66. The number of phenols is 1. The van der Waals surface area contributed by atoms with Crippen molar-refractivity contribution in [3.8, 4) is 5.75 Å². The first-order valence-electron chi connectivity index (χ1n) is 4.13. The molecule has 0 aromatic heterocycles. The van der Waals surface area contributed by atoms with Crippen LogP contribution in [0.5, 0.6) is 5.75 Å². The van der Waals surface area contributed by atoms with E-state index in [-0.39, 0.29) is 40.9 Å². The van der Waals surface area contributed by atoms with Crippen LogP contribution in [0.1, 0.15) is 10.4 Å². The van der Waals surface area contributed by atoms with Gasteiger partial charge in [-0.15, -0.1) is 0 Å². The van der Waals surface area contributed by atoms with Gasteiger partial charge in [0.25, 0.3) is 0 Å². The van der Waals surface area contributed by atoms with Crippen molar-refractivity contribution in [2.45, 2.75) is 0 Å². The van der Waals surface area contributed by atoms with Crippen molar-refractivity contribution in [3.63, 3.8) is 0 Å². The van der Waals surface area contributed by atoms with Crippen LogP contribution in [0.2, 0.25) is 0 Å². The summed E-state index contributed by atoms with van der Waals surface area (Å²) in [7, 11) is 0. The Balaban J connectivity index is 0.00000112. The molecule has 0 saturated heterocycles. The normalized spacial score (nSPS) is 9.60. The van der Waals surface area contributed by atoms with Crippen molar-refractivity contribution in [2.24, 2.45) is 0 Å². The molecule has 2 rings (SSSR count). The number of carboxylic acid groups (broad SMARTS) is 1. The number of fused-ring (bicyclic) bond motifs is 1. The fourth-order valence-corrected chi connectivity index (χ4v) is 1.37. The van der Waals surface area contributed by atoms with Crippen LogP contribution >= 0.6 is 0 Å². The van der Waals surface area contributed by atoms with Crippen LogP contribution in [0, 0.1) is 0 Å². The van der Waals surface area contributed by atoms with Gasteiger partial charge in [-0.05, 0) is 35.0 Å². The molecule has 2 N–H and O–H groups in total. The van der Waals surface area contributed by atoms with Crippen molar-refractivity contribution in [2.75, 3.05) is 0 Å². The Bertz CT molecular complexity index is 508. The Hall–Kier alpha value is -1.03. The zero-order valence-electron chi connectivity index (χ0n) is 7.27. The van der Waals surface area contributed by atoms with E-state index in [1.165, 1.54) is 12.1 Å². The van der Waals surface area contributed by atoms with Crippen molar-refractivity contribution in [3.05, 3.63) is 42.0 Å². The summed E-state index contributed by atoms with van der Waals surface area (Å²) in [6, 6.07) is 9.60. The van der Waals surface area contributed by atoms with Gasteiger partial charge in [-0.1, -0.05) is 12.1 Å². The molecule has 0 bridgehead atoms. The minimum absolute atomic E-state index is 0. The molecule has 72 valence electrons. The van der Waals surface area contributed by atoms with Crippen molar-refractivity contribution >= 4 is 46.3 Å². The summed E-state index contributed by atoms with van der Waals surface area (Å²) >= 11 is 0. The van der Waals surface area contributed by atoms with Gasteiger partial charge in [-0.2, -0.15) is 0 Å². The van der Waals surface area contributed by atoms with Crippen LogP contribution in [0.4, 0.5) is 0 Å². The molecule has 0 amide bonds. The van der Waals surface area contributed by atoms with E-state index >= 15 is 0 Å². The third-order valence-corrected chi connectivity index (χ3v) is 2.07. The number of rotatable bonds is 1. The fourth-order valence-electron chi connectivity index (χ4n) is 1.37. The van der Waals surface area contributed by atoms with E-state index in [9.17, 15) is 9.90 Å². The molecule has 3 nitrogen and oxygen atoms in total. The van der Waals surface area contributed by atoms with Crippen molar-refractivity contribution < 1.29 is 15.0 Å². The monoisotopic (exact) mass is 212 g/mol. The molecule has 2 aromatic carbocycles. The number of aromatic carboxylic acids is 1. The van der Waals surface area contributed by atoms with Gasteiger partial charge >= 0.3 is 35.5 Å². The van der Waals surface area contributed by atoms with Gasteiger partial charge in [0.1, 0.15) is 5.75 Å². The maximum absolute atomic E-state index is 10.7.